The van der Waals surface area contributed by atoms with Gasteiger partial charge in [-0.3, -0.25) is 4.90 Å². The van der Waals surface area contributed by atoms with Gasteiger partial charge in [0.2, 0.25) is 0 Å². The fourth-order valence-corrected chi connectivity index (χ4v) is 3.71. The SMILES string of the molecule is Fc1cccc(C2c3cccn3CCCN2Cc2ccccc2F)c1. The summed E-state index contributed by atoms with van der Waals surface area (Å²) in [6.07, 6.45) is 3.04. The zero-order chi connectivity index (χ0) is 17.2. The smallest absolute Gasteiger partial charge is 0.127 e. The molecule has 4 heteroatoms. The lowest BCUT2D eigenvalue weighted by Crippen LogP contribution is -2.30. The molecule has 1 aliphatic rings. The third kappa shape index (κ3) is 3.22. The lowest BCUT2D eigenvalue weighted by Gasteiger charge is -2.30. The quantitative estimate of drug-likeness (QED) is 0.668. The lowest BCUT2D eigenvalue weighted by molar-refractivity contribution is 0.217. The molecule has 2 aromatic carbocycles. The first-order valence-electron chi connectivity index (χ1n) is 8.60. The summed E-state index contributed by atoms with van der Waals surface area (Å²) in [5.41, 5.74) is 2.70. The van der Waals surface area contributed by atoms with Gasteiger partial charge in [-0.15, -0.1) is 0 Å². The minimum Gasteiger partial charge on any atom is -0.350 e. The molecule has 1 atom stereocenters. The summed E-state index contributed by atoms with van der Waals surface area (Å²) in [4.78, 5) is 2.24. The number of aromatic nitrogens is 1. The largest absolute Gasteiger partial charge is 0.350 e. The number of rotatable bonds is 3. The molecule has 0 saturated carbocycles. The van der Waals surface area contributed by atoms with Crippen molar-refractivity contribution in [1.29, 1.82) is 0 Å². The fraction of sp³-hybridized carbons (Fsp3) is 0.238. The molecule has 2 nitrogen and oxygen atoms in total. The van der Waals surface area contributed by atoms with Gasteiger partial charge in [0.15, 0.2) is 0 Å². The van der Waals surface area contributed by atoms with Crippen LogP contribution in [0, 0.1) is 11.6 Å². The normalized spacial score (nSPS) is 17.9. The number of halogens is 2. The molecule has 0 saturated heterocycles. The summed E-state index contributed by atoms with van der Waals surface area (Å²) in [6, 6.07) is 17.6. The number of fused-ring (bicyclic) bond motifs is 1. The second-order valence-corrected chi connectivity index (χ2v) is 6.50. The van der Waals surface area contributed by atoms with E-state index in [1.54, 1.807) is 18.2 Å². The molecule has 2 heterocycles. The van der Waals surface area contributed by atoms with Gasteiger partial charge in [-0.25, -0.2) is 8.78 Å². The highest BCUT2D eigenvalue weighted by Crippen LogP contribution is 2.33. The Morgan fingerprint density at radius 2 is 1.80 bits per heavy atom. The molecule has 4 rings (SSSR count). The van der Waals surface area contributed by atoms with Crippen molar-refractivity contribution in [2.24, 2.45) is 0 Å². The van der Waals surface area contributed by atoms with Crippen molar-refractivity contribution in [3.05, 3.63) is 95.3 Å². The molecular formula is C21H20F2N2. The number of hydrogen-bond donors (Lipinski definition) is 0. The maximum absolute atomic E-state index is 14.2. The van der Waals surface area contributed by atoms with Crippen molar-refractivity contribution < 1.29 is 8.78 Å². The van der Waals surface area contributed by atoms with E-state index in [4.69, 9.17) is 0 Å². The Balaban J connectivity index is 1.77. The maximum atomic E-state index is 14.2. The minimum atomic E-state index is -0.245. The van der Waals surface area contributed by atoms with Crippen LogP contribution in [0.5, 0.6) is 0 Å². The first-order chi connectivity index (χ1) is 12.2. The van der Waals surface area contributed by atoms with Gasteiger partial charge in [0.25, 0.3) is 0 Å². The summed E-state index contributed by atoms with van der Waals surface area (Å²) in [5.74, 6) is -0.439. The minimum absolute atomic E-state index is 0.0900. The second kappa shape index (κ2) is 6.81. The molecule has 0 bridgehead atoms. The molecule has 1 aliphatic heterocycles. The van der Waals surface area contributed by atoms with Crippen molar-refractivity contribution in [3.63, 3.8) is 0 Å². The van der Waals surface area contributed by atoms with Crippen molar-refractivity contribution in [3.8, 4) is 0 Å². The molecule has 0 fully saturated rings. The highest BCUT2D eigenvalue weighted by Gasteiger charge is 2.28. The lowest BCUT2D eigenvalue weighted by atomic mass is 10.0. The van der Waals surface area contributed by atoms with Gasteiger partial charge >= 0.3 is 0 Å². The predicted octanol–water partition coefficient (Wildman–Crippen LogP) is 4.76. The standard InChI is InChI=1S/C21H20F2N2/c22-18-8-3-7-16(14-18)21-20-10-4-11-24(20)12-5-13-25(21)15-17-6-1-2-9-19(17)23/h1-4,6-11,14,21H,5,12-13,15H2. The van der Waals surface area contributed by atoms with Gasteiger partial charge in [-0.1, -0.05) is 30.3 Å². The molecule has 0 aliphatic carbocycles. The molecule has 0 radical (unpaired) electrons. The van der Waals surface area contributed by atoms with Crippen molar-refractivity contribution in [1.82, 2.24) is 9.47 Å². The fourth-order valence-electron chi connectivity index (χ4n) is 3.71. The van der Waals surface area contributed by atoms with E-state index in [1.807, 2.05) is 24.3 Å². The molecule has 1 unspecified atom stereocenters. The molecule has 0 spiro atoms. The first kappa shape index (κ1) is 16.0. The summed E-state index contributed by atoms with van der Waals surface area (Å²) in [7, 11) is 0. The average molecular weight is 338 g/mol. The zero-order valence-electron chi connectivity index (χ0n) is 13.9. The Labute approximate surface area is 146 Å². The number of nitrogens with zero attached hydrogens (tertiary/aromatic N) is 2. The van der Waals surface area contributed by atoms with Crippen molar-refractivity contribution >= 4 is 0 Å². The highest BCUT2D eigenvalue weighted by atomic mass is 19.1. The van der Waals surface area contributed by atoms with Crippen molar-refractivity contribution in [2.45, 2.75) is 25.6 Å². The van der Waals surface area contributed by atoms with Crippen LogP contribution < -0.4 is 0 Å². The molecule has 0 N–H and O–H groups in total. The van der Waals surface area contributed by atoms with Crippen LogP contribution in [0.15, 0.2) is 66.9 Å². The summed E-state index contributed by atoms with van der Waals surface area (Å²) < 4.78 is 30.3. The van der Waals surface area contributed by atoms with E-state index >= 15 is 0 Å². The molecule has 128 valence electrons. The van der Waals surface area contributed by atoms with Gasteiger partial charge in [-0.05, 0) is 42.3 Å². The Hall–Kier alpha value is -2.46. The summed E-state index contributed by atoms with van der Waals surface area (Å²) in [6.45, 7) is 2.25. The number of benzene rings is 2. The highest BCUT2D eigenvalue weighted by molar-refractivity contribution is 5.31. The van der Waals surface area contributed by atoms with Gasteiger partial charge in [0.05, 0.1) is 6.04 Å². The third-order valence-electron chi connectivity index (χ3n) is 4.85. The molecular weight excluding hydrogens is 318 g/mol. The van der Waals surface area contributed by atoms with Crippen molar-refractivity contribution in [2.75, 3.05) is 6.54 Å². The van der Waals surface area contributed by atoms with E-state index < -0.39 is 0 Å². The van der Waals surface area contributed by atoms with Gasteiger partial charge in [0.1, 0.15) is 11.6 Å². The maximum Gasteiger partial charge on any atom is 0.127 e. The molecule has 0 amide bonds. The molecule has 25 heavy (non-hydrogen) atoms. The van der Waals surface area contributed by atoms with Crippen LogP contribution >= 0.6 is 0 Å². The van der Waals surface area contributed by atoms with E-state index in [-0.39, 0.29) is 17.7 Å². The van der Waals surface area contributed by atoms with E-state index in [0.29, 0.717) is 12.1 Å². The number of hydrogen-bond acceptors (Lipinski definition) is 1. The van der Waals surface area contributed by atoms with Crippen LogP contribution in [0.3, 0.4) is 0 Å². The topological polar surface area (TPSA) is 8.17 Å². The third-order valence-corrected chi connectivity index (χ3v) is 4.85. The van der Waals surface area contributed by atoms with Crippen LogP contribution in [0.2, 0.25) is 0 Å². The molecule has 3 aromatic rings. The van der Waals surface area contributed by atoms with E-state index in [0.717, 1.165) is 30.8 Å². The Morgan fingerprint density at radius 1 is 0.920 bits per heavy atom. The first-order valence-corrected chi connectivity index (χ1v) is 8.60. The summed E-state index contributed by atoms with van der Waals surface area (Å²) >= 11 is 0. The van der Waals surface area contributed by atoms with Gasteiger partial charge < -0.3 is 4.57 Å². The molecule has 1 aromatic heterocycles. The Kier molecular flexibility index (Phi) is 4.36. The monoisotopic (exact) mass is 338 g/mol. The average Bonchev–Trinajstić information content (AvgIpc) is 2.98. The van der Waals surface area contributed by atoms with Crippen LogP contribution in [0.25, 0.3) is 0 Å². The Morgan fingerprint density at radius 3 is 2.64 bits per heavy atom. The zero-order valence-corrected chi connectivity index (χ0v) is 13.9. The summed E-state index contributed by atoms with van der Waals surface area (Å²) in [5, 5.41) is 0. The van der Waals surface area contributed by atoms with Gasteiger partial charge in [-0.2, -0.15) is 0 Å². The second-order valence-electron chi connectivity index (χ2n) is 6.50. The predicted molar refractivity (Wildman–Crippen MR) is 94.1 cm³/mol. The van der Waals surface area contributed by atoms with Crippen LogP contribution in [-0.4, -0.2) is 16.0 Å². The van der Waals surface area contributed by atoms with Crippen LogP contribution in [0.1, 0.15) is 29.3 Å². The van der Waals surface area contributed by atoms with E-state index in [1.165, 1.54) is 12.1 Å². The van der Waals surface area contributed by atoms with E-state index in [9.17, 15) is 8.78 Å². The van der Waals surface area contributed by atoms with Crippen LogP contribution in [-0.2, 0) is 13.1 Å². The van der Waals surface area contributed by atoms with Gasteiger partial charge in [0, 0.05) is 37.1 Å². The van der Waals surface area contributed by atoms with Crippen LogP contribution in [0.4, 0.5) is 8.78 Å². The van der Waals surface area contributed by atoms with E-state index in [2.05, 4.69) is 21.7 Å². The number of aryl methyl sites for hydroxylation is 1. The Bertz CT molecular complexity index is 872.